The Morgan fingerprint density at radius 2 is 1.85 bits per heavy atom. The topological polar surface area (TPSA) is 35.5 Å². The van der Waals surface area contributed by atoms with Crippen LogP contribution in [0.3, 0.4) is 0 Å². The number of hydrogen-bond donors (Lipinski definition) is 0. The highest BCUT2D eigenvalue weighted by atomic mass is 19.1. The minimum atomic E-state index is -1.04. The molecule has 5 unspecified atom stereocenters. The van der Waals surface area contributed by atoms with E-state index < -0.39 is 12.0 Å². The van der Waals surface area contributed by atoms with Crippen molar-refractivity contribution >= 4 is 5.78 Å². The van der Waals surface area contributed by atoms with Crippen LogP contribution in [0.2, 0.25) is 0 Å². The molecule has 0 radical (unpaired) electrons. The second kappa shape index (κ2) is 5.41. The molecule has 4 heteroatoms. The standard InChI is InChI=1S/C22H31FO3/c1-13-10-15-16(20(2)6-4-14(24)11-17(13)20)5-7-21(3)18(15)12-19(23)22(21)25-8-9-26-22/h15-19H,1,4-12H2,2-3H3/t15?,16?,17?,18?,19?,20-,21+/m1/s1. The Morgan fingerprint density at radius 1 is 1.12 bits per heavy atom. The molecule has 5 aliphatic rings. The van der Waals surface area contributed by atoms with Crippen molar-refractivity contribution in [2.24, 2.45) is 34.5 Å². The molecule has 26 heavy (non-hydrogen) atoms. The molecule has 4 saturated carbocycles. The van der Waals surface area contributed by atoms with E-state index in [2.05, 4.69) is 20.4 Å². The van der Waals surface area contributed by atoms with Crippen LogP contribution in [0, 0.1) is 34.5 Å². The van der Waals surface area contributed by atoms with Crippen molar-refractivity contribution in [2.75, 3.05) is 13.2 Å². The number of carbonyl (C=O) groups is 1. The van der Waals surface area contributed by atoms with Gasteiger partial charge >= 0.3 is 0 Å². The van der Waals surface area contributed by atoms with Gasteiger partial charge in [-0.2, -0.15) is 0 Å². The molecule has 0 aromatic heterocycles. The van der Waals surface area contributed by atoms with Gasteiger partial charge in [-0.25, -0.2) is 4.39 Å². The fourth-order valence-electron chi connectivity index (χ4n) is 7.90. The third kappa shape index (κ3) is 1.93. The van der Waals surface area contributed by atoms with E-state index in [0.29, 0.717) is 56.0 Å². The zero-order chi connectivity index (χ0) is 18.3. The molecule has 1 spiro atoms. The number of carbonyl (C=O) groups excluding carboxylic acids is 1. The summed E-state index contributed by atoms with van der Waals surface area (Å²) in [7, 11) is 0. The number of allylic oxidation sites excluding steroid dienone is 1. The molecular weight excluding hydrogens is 331 g/mol. The predicted octanol–water partition coefficient (Wildman–Crippen LogP) is 4.46. The van der Waals surface area contributed by atoms with Gasteiger partial charge in [0.1, 0.15) is 5.78 Å². The third-order valence-corrected chi connectivity index (χ3v) is 9.22. The van der Waals surface area contributed by atoms with E-state index in [4.69, 9.17) is 9.47 Å². The summed E-state index contributed by atoms with van der Waals surface area (Å²) in [5.74, 6) is 0.981. The van der Waals surface area contributed by atoms with Crippen molar-refractivity contribution in [3.63, 3.8) is 0 Å². The van der Waals surface area contributed by atoms with Gasteiger partial charge in [0.05, 0.1) is 13.2 Å². The summed E-state index contributed by atoms with van der Waals surface area (Å²) in [4.78, 5) is 12.1. The Labute approximate surface area is 155 Å². The Bertz CT molecular complexity index is 654. The molecule has 1 aliphatic heterocycles. The number of alkyl halides is 1. The molecular formula is C22H31FO3. The van der Waals surface area contributed by atoms with Gasteiger partial charge < -0.3 is 9.47 Å². The van der Waals surface area contributed by atoms with E-state index in [1.165, 1.54) is 5.57 Å². The Morgan fingerprint density at radius 3 is 2.58 bits per heavy atom. The average Bonchev–Trinajstić information content (AvgIpc) is 3.18. The molecule has 5 fully saturated rings. The van der Waals surface area contributed by atoms with Crippen molar-refractivity contribution in [1.82, 2.24) is 0 Å². The number of ketones is 1. The summed E-state index contributed by atoms with van der Waals surface area (Å²) in [6, 6.07) is 0. The zero-order valence-electron chi connectivity index (χ0n) is 16.1. The second-order valence-electron chi connectivity index (χ2n) is 10.1. The SMILES string of the molecule is C=C1CC2C(CC[C@@]3(C)C2CC(F)C32OCCO2)[C@@]2(C)CCC(=O)CC12. The van der Waals surface area contributed by atoms with E-state index in [9.17, 15) is 4.79 Å². The molecule has 5 rings (SSSR count). The van der Waals surface area contributed by atoms with Crippen LogP contribution in [-0.2, 0) is 14.3 Å². The first-order chi connectivity index (χ1) is 12.3. The summed E-state index contributed by atoms with van der Waals surface area (Å²) >= 11 is 0. The van der Waals surface area contributed by atoms with Gasteiger partial charge in [0.15, 0.2) is 6.17 Å². The highest BCUT2D eigenvalue weighted by Crippen LogP contribution is 2.70. The molecule has 4 aliphatic carbocycles. The summed E-state index contributed by atoms with van der Waals surface area (Å²) in [6.45, 7) is 10.0. The molecule has 1 saturated heterocycles. The Hall–Kier alpha value is -0.740. The number of rotatable bonds is 0. The quantitative estimate of drug-likeness (QED) is 0.597. The van der Waals surface area contributed by atoms with Crippen LogP contribution in [0.25, 0.3) is 0 Å². The van der Waals surface area contributed by atoms with Crippen LogP contribution in [0.5, 0.6) is 0 Å². The van der Waals surface area contributed by atoms with Gasteiger partial charge in [-0.15, -0.1) is 0 Å². The molecule has 0 amide bonds. The van der Waals surface area contributed by atoms with E-state index in [1.54, 1.807) is 0 Å². The first kappa shape index (κ1) is 17.4. The van der Waals surface area contributed by atoms with Crippen LogP contribution in [0.15, 0.2) is 12.2 Å². The van der Waals surface area contributed by atoms with Crippen molar-refractivity contribution < 1.29 is 18.7 Å². The fourth-order valence-corrected chi connectivity index (χ4v) is 7.90. The number of halogens is 1. The maximum Gasteiger partial charge on any atom is 0.205 e. The maximum atomic E-state index is 15.2. The van der Waals surface area contributed by atoms with Crippen LogP contribution >= 0.6 is 0 Å². The molecule has 3 nitrogen and oxygen atoms in total. The van der Waals surface area contributed by atoms with E-state index >= 15 is 4.39 Å². The number of hydrogen-bond acceptors (Lipinski definition) is 3. The summed E-state index contributed by atoms with van der Waals surface area (Å²) < 4.78 is 27.2. The van der Waals surface area contributed by atoms with Crippen LogP contribution in [0.1, 0.15) is 58.8 Å². The first-order valence-corrected chi connectivity index (χ1v) is 10.4. The lowest BCUT2D eigenvalue weighted by Gasteiger charge is -2.61. The van der Waals surface area contributed by atoms with Crippen LogP contribution in [-0.4, -0.2) is 31.0 Å². The van der Waals surface area contributed by atoms with Gasteiger partial charge in [0.25, 0.3) is 0 Å². The van der Waals surface area contributed by atoms with Crippen LogP contribution in [0.4, 0.5) is 4.39 Å². The zero-order valence-corrected chi connectivity index (χ0v) is 16.1. The Kier molecular flexibility index (Phi) is 3.61. The highest BCUT2D eigenvalue weighted by Gasteiger charge is 2.71. The Balaban J connectivity index is 1.52. The van der Waals surface area contributed by atoms with Gasteiger partial charge in [-0.3, -0.25) is 4.79 Å². The van der Waals surface area contributed by atoms with E-state index in [0.717, 1.165) is 25.7 Å². The van der Waals surface area contributed by atoms with Crippen molar-refractivity contribution in [3.05, 3.63) is 12.2 Å². The summed E-state index contributed by atoms with van der Waals surface area (Å²) in [5.41, 5.74) is 1.13. The minimum absolute atomic E-state index is 0.147. The lowest BCUT2D eigenvalue weighted by atomic mass is 9.44. The second-order valence-corrected chi connectivity index (χ2v) is 10.1. The third-order valence-electron chi connectivity index (χ3n) is 9.22. The highest BCUT2D eigenvalue weighted by molar-refractivity contribution is 5.80. The molecule has 7 atom stereocenters. The van der Waals surface area contributed by atoms with Crippen molar-refractivity contribution in [2.45, 2.75) is 70.8 Å². The van der Waals surface area contributed by atoms with E-state index in [-0.39, 0.29) is 16.7 Å². The lowest BCUT2D eigenvalue weighted by Crippen LogP contribution is -2.58. The average molecular weight is 362 g/mol. The van der Waals surface area contributed by atoms with Gasteiger partial charge in [-0.05, 0) is 61.2 Å². The van der Waals surface area contributed by atoms with Crippen molar-refractivity contribution in [3.8, 4) is 0 Å². The molecule has 1 heterocycles. The van der Waals surface area contributed by atoms with Gasteiger partial charge in [0.2, 0.25) is 5.79 Å². The fraction of sp³-hybridized carbons (Fsp3) is 0.864. The van der Waals surface area contributed by atoms with Gasteiger partial charge in [0, 0.05) is 18.3 Å². The smallest absolute Gasteiger partial charge is 0.205 e. The molecule has 144 valence electrons. The number of Topliss-reactive ketones (excluding diaryl/α,β-unsaturated/α-hetero) is 1. The molecule has 0 aromatic carbocycles. The van der Waals surface area contributed by atoms with Crippen LogP contribution < -0.4 is 0 Å². The number of ether oxygens (including phenoxy) is 2. The van der Waals surface area contributed by atoms with Gasteiger partial charge in [-0.1, -0.05) is 26.0 Å². The van der Waals surface area contributed by atoms with Crippen molar-refractivity contribution in [1.29, 1.82) is 0 Å². The normalized spacial score (nSPS) is 52.7. The maximum absolute atomic E-state index is 15.2. The molecule has 0 aromatic rings. The summed E-state index contributed by atoms with van der Waals surface area (Å²) in [6.07, 6.45) is 4.85. The predicted molar refractivity (Wildman–Crippen MR) is 96.2 cm³/mol. The summed E-state index contributed by atoms with van der Waals surface area (Å²) in [5, 5.41) is 0. The molecule has 0 bridgehead atoms. The monoisotopic (exact) mass is 362 g/mol. The largest absolute Gasteiger partial charge is 0.344 e. The number of fused-ring (bicyclic) bond motifs is 6. The minimum Gasteiger partial charge on any atom is -0.344 e. The van der Waals surface area contributed by atoms with E-state index in [1.807, 2.05) is 0 Å². The molecule has 0 N–H and O–H groups in total. The lowest BCUT2D eigenvalue weighted by molar-refractivity contribution is -0.264. The first-order valence-electron chi connectivity index (χ1n) is 10.4.